The second kappa shape index (κ2) is 6.49. The molecule has 6 heteroatoms. The number of benzene rings is 2. The van der Waals surface area contributed by atoms with Crippen molar-refractivity contribution in [1.29, 1.82) is 0 Å². The Morgan fingerprint density at radius 2 is 1.89 bits per heavy atom. The molecule has 0 spiro atoms. The van der Waals surface area contributed by atoms with Gasteiger partial charge in [0.2, 0.25) is 5.78 Å². The van der Waals surface area contributed by atoms with E-state index in [1.54, 1.807) is 6.07 Å². The first-order valence-corrected chi connectivity index (χ1v) is 9.99. The molecule has 0 atom stereocenters. The maximum absolute atomic E-state index is 12.7. The number of hydrogen-bond donors (Lipinski definition) is 0. The van der Waals surface area contributed by atoms with Crippen LogP contribution in [-0.4, -0.2) is 26.1 Å². The van der Waals surface area contributed by atoms with Gasteiger partial charge in [-0.15, -0.1) is 10.2 Å². The van der Waals surface area contributed by atoms with Crippen LogP contribution in [0.25, 0.3) is 27.5 Å². The number of ketones is 1. The number of furan rings is 1. The van der Waals surface area contributed by atoms with Gasteiger partial charge in [0.15, 0.2) is 16.6 Å². The SMILES string of the molecule is Cc1cc2nnc(SCC(=O)c3cc4ccccc4o3)n2c2c(C)cccc12. The van der Waals surface area contributed by atoms with Crippen molar-refractivity contribution in [2.24, 2.45) is 0 Å². The summed E-state index contributed by atoms with van der Waals surface area (Å²) in [7, 11) is 0. The Kier molecular flexibility index (Phi) is 3.94. The molecule has 5 rings (SSSR count). The molecule has 0 saturated carbocycles. The van der Waals surface area contributed by atoms with E-state index >= 15 is 0 Å². The molecule has 3 aromatic heterocycles. The van der Waals surface area contributed by atoms with E-state index < -0.39 is 0 Å². The highest BCUT2D eigenvalue weighted by Gasteiger charge is 2.17. The third-order valence-electron chi connectivity index (χ3n) is 4.92. The minimum atomic E-state index is -0.0638. The lowest BCUT2D eigenvalue weighted by Crippen LogP contribution is -2.02. The first-order valence-electron chi connectivity index (χ1n) is 9.00. The zero-order valence-electron chi connectivity index (χ0n) is 15.5. The van der Waals surface area contributed by atoms with Gasteiger partial charge in [0, 0.05) is 10.8 Å². The normalized spacial score (nSPS) is 11.6. The van der Waals surface area contributed by atoms with Crippen LogP contribution in [0.3, 0.4) is 0 Å². The summed E-state index contributed by atoms with van der Waals surface area (Å²) in [4.78, 5) is 12.7. The quantitative estimate of drug-likeness (QED) is 0.312. The van der Waals surface area contributed by atoms with Gasteiger partial charge in [-0.2, -0.15) is 0 Å². The summed E-state index contributed by atoms with van der Waals surface area (Å²) in [5, 5.41) is 11.4. The van der Waals surface area contributed by atoms with Gasteiger partial charge in [-0.25, -0.2) is 0 Å². The van der Waals surface area contributed by atoms with Crippen molar-refractivity contribution in [3.63, 3.8) is 0 Å². The van der Waals surface area contributed by atoms with E-state index in [0.717, 1.165) is 38.6 Å². The fraction of sp³-hybridized carbons (Fsp3) is 0.136. The second-order valence-electron chi connectivity index (χ2n) is 6.83. The zero-order chi connectivity index (χ0) is 19.3. The Morgan fingerprint density at radius 1 is 1.04 bits per heavy atom. The number of hydrogen-bond acceptors (Lipinski definition) is 5. The first kappa shape index (κ1) is 17.0. The lowest BCUT2D eigenvalue weighted by atomic mass is 10.1. The van der Waals surface area contributed by atoms with Crippen molar-refractivity contribution in [1.82, 2.24) is 14.6 Å². The number of nitrogens with zero attached hydrogens (tertiary/aromatic N) is 3. The molecule has 5 aromatic rings. The van der Waals surface area contributed by atoms with E-state index in [1.165, 1.54) is 11.8 Å². The largest absolute Gasteiger partial charge is 0.453 e. The van der Waals surface area contributed by atoms with Crippen LogP contribution < -0.4 is 0 Å². The van der Waals surface area contributed by atoms with E-state index in [4.69, 9.17) is 4.42 Å². The molecular weight excluding hydrogens is 370 g/mol. The lowest BCUT2D eigenvalue weighted by molar-refractivity contribution is 0.0994. The van der Waals surface area contributed by atoms with E-state index in [9.17, 15) is 4.79 Å². The fourth-order valence-electron chi connectivity index (χ4n) is 3.54. The van der Waals surface area contributed by atoms with Crippen LogP contribution in [0.5, 0.6) is 0 Å². The van der Waals surface area contributed by atoms with E-state index in [-0.39, 0.29) is 11.5 Å². The Hall–Kier alpha value is -3.12. The second-order valence-corrected chi connectivity index (χ2v) is 7.78. The maximum atomic E-state index is 12.7. The molecule has 0 radical (unpaired) electrons. The van der Waals surface area contributed by atoms with Crippen molar-refractivity contribution in [2.45, 2.75) is 19.0 Å². The average molecular weight is 387 g/mol. The van der Waals surface area contributed by atoms with Crippen molar-refractivity contribution in [2.75, 3.05) is 5.75 Å². The summed E-state index contributed by atoms with van der Waals surface area (Å²) in [6.45, 7) is 4.16. The summed E-state index contributed by atoms with van der Waals surface area (Å²) in [5.74, 6) is 0.549. The predicted octanol–water partition coefficient (Wildman–Crippen LogP) is 5.22. The highest BCUT2D eigenvalue weighted by atomic mass is 32.2. The Bertz CT molecular complexity index is 1330. The molecule has 0 bridgehead atoms. The molecule has 0 aliphatic heterocycles. The third kappa shape index (κ3) is 2.68. The number of thioether (sulfide) groups is 1. The van der Waals surface area contributed by atoms with Crippen LogP contribution in [0.1, 0.15) is 21.7 Å². The number of carbonyl (C=O) groups is 1. The van der Waals surface area contributed by atoms with Crippen LogP contribution >= 0.6 is 11.8 Å². The summed E-state index contributed by atoms with van der Waals surface area (Å²) in [6, 6.07) is 17.7. The number of carbonyl (C=O) groups excluding carboxylic acids is 1. The zero-order valence-corrected chi connectivity index (χ0v) is 16.3. The molecule has 2 aromatic carbocycles. The third-order valence-corrected chi connectivity index (χ3v) is 5.85. The van der Waals surface area contributed by atoms with E-state index in [2.05, 4.69) is 42.2 Å². The molecule has 5 nitrogen and oxygen atoms in total. The molecule has 28 heavy (non-hydrogen) atoms. The van der Waals surface area contributed by atoms with Gasteiger partial charge in [0.25, 0.3) is 0 Å². The van der Waals surface area contributed by atoms with Crippen LogP contribution in [0, 0.1) is 13.8 Å². The summed E-state index contributed by atoms with van der Waals surface area (Å²) in [5.41, 5.74) is 4.91. The highest BCUT2D eigenvalue weighted by molar-refractivity contribution is 7.99. The Labute approximate surface area is 165 Å². The van der Waals surface area contributed by atoms with Crippen LogP contribution in [0.2, 0.25) is 0 Å². The molecule has 138 valence electrons. The van der Waals surface area contributed by atoms with Crippen molar-refractivity contribution in [3.8, 4) is 0 Å². The van der Waals surface area contributed by atoms with Gasteiger partial charge in [-0.3, -0.25) is 9.20 Å². The molecule has 0 saturated heterocycles. The molecule has 0 aliphatic rings. The van der Waals surface area contributed by atoms with E-state index in [0.29, 0.717) is 10.9 Å². The van der Waals surface area contributed by atoms with Gasteiger partial charge in [-0.05, 0) is 43.2 Å². The van der Waals surface area contributed by atoms with Crippen LogP contribution in [0.4, 0.5) is 0 Å². The topological polar surface area (TPSA) is 60.4 Å². The van der Waals surface area contributed by atoms with E-state index in [1.807, 2.05) is 34.7 Å². The number of para-hydroxylation sites is 2. The van der Waals surface area contributed by atoms with Gasteiger partial charge < -0.3 is 4.42 Å². The molecule has 0 fully saturated rings. The number of rotatable bonds is 4. The smallest absolute Gasteiger partial charge is 0.208 e. The Morgan fingerprint density at radius 3 is 2.75 bits per heavy atom. The van der Waals surface area contributed by atoms with Gasteiger partial charge >= 0.3 is 0 Å². The minimum absolute atomic E-state index is 0.0638. The number of fused-ring (bicyclic) bond motifs is 4. The summed E-state index contributed by atoms with van der Waals surface area (Å²) < 4.78 is 7.72. The van der Waals surface area contributed by atoms with Gasteiger partial charge in [0.05, 0.1) is 11.3 Å². The summed E-state index contributed by atoms with van der Waals surface area (Å²) >= 11 is 1.38. The number of aryl methyl sites for hydroxylation is 2. The van der Waals surface area contributed by atoms with Gasteiger partial charge in [-0.1, -0.05) is 48.2 Å². The number of pyridine rings is 1. The first-order chi connectivity index (χ1) is 13.6. The molecule has 0 amide bonds. The standard InChI is InChI=1S/C22H17N3O2S/c1-13-6-5-8-16-14(2)10-20-23-24-22(25(20)21(13)16)28-12-17(26)19-11-15-7-3-4-9-18(15)27-19/h3-11H,12H2,1-2H3. The monoisotopic (exact) mass is 387 g/mol. The lowest BCUT2D eigenvalue weighted by Gasteiger charge is -2.09. The molecule has 0 unspecified atom stereocenters. The van der Waals surface area contributed by atoms with Crippen molar-refractivity contribution in [3.05, 3.63) is 71.5 Å². The number of aromatic nitrogens is 3. The molecule has 3 heterocycles. The van der Waals surface area contributed by atoms with Crippen LogP contribution in [0.15, 0.2) is 64.2 Å². The predicted molar refractivity (Wildman–Crippen MR) is 111 cm³/mol. The van der Waals surface area contributed by atoms with Crippen LogP contribution in [-0.2, 0) is 0 Å². The molecular formula is C22H17N3O2S. The maximum Gasteiger partial charge on any atom is 0.208 e. The fourth-order valence-corrected chi connectivity index (χ4v) is 4.36. The molecule has 0 N–H and O–H groups in total. The summed E-state index contributed by atoms with van der Waals surface area (Å²) in [6.07, 6.45) is 0. The minimum Gasteiger partial charge on any atom is -0.453 e. The Balaban J connectivity index is 1.51. The average Bonchev–Trinajstić information content (AvgIpc) is 3.30. The van der Waals surface area contributed by atoms with Crippen molar-refractivity contribution >= 4 is 45.1 Å². The number of Topliss-reactive ketones (excluding diaryl/α,β-unsaturated/α-hetero) is 1. The highest BCUT2D eigenvalue weighted by Crippen LogP contribution is 2.28. The van der Waals surface area contributed by atoms with Crippen molar-refractivity contribution < 1.29 is 9.21 Å². The van der Waals surface area contributed by atoms with Gasteiger partial charge in [0.1, 0.15) is 5.58 Å². The molecule has 0 aliphatic carbocycles.